The minimum absolute atomic E-state index is 0.151. The number of ether oxygens (including phenoxy) is 1. The van der Waals surface area contributed by atoms with Gasteiger partial charge in [0.25, 0.3) is 17.7 Å². The molecular weight excluding hydrogens is 318 g/mol. The number of carbonyl (C=O) groups is 1. The third-order valence-electron chi connectivity index (χ3n) is 1.89. The van der Waals surface area contributed by atoms with E-state index in [1.54, 1.807) is 6.07 Å². The average Bonchev–Trinajstić information content (AvgIpc) is 2.36. The summed E-state index contributed by atoms with van der Waals surface area (Å²) in [4.78, 5) is 19.2. The molecule has 0 bridgehead atoms. The normalized spacial score (nSPS) is 10.0. The van der Waals surface area contributed by atoms with Crippen LogP contribution >= 0.6 is 11.8 Å². The van der Waals surface area contributed by atoms with Gasteiger partial charge >= 0.3 is 5.69 Å². The Morgan fingerprint density at radius 2 is 2.14 bits per heavy atom. The molecule has 10 nitrogen and oxygen atoms in total. The third-order valence-corrected chi connectivity index (χ3v) is 2.07. The average molecular weight is 333 g/mol. The van der Waals surface area contributed by atoms with Gasteiger partial charge in [0.05, 0.1) is 12.0 Å². The first kappa shape index (κ1) is 19.1. The SMILES string of the molecule is CC(=O)O.COc1ccc(C=[N+](Cl)NC(=N)N)cc1[N+](=O)[O-]. The lowest BCUT2D eigenvalue weighted by Gasteiger charge is -2.01. The van der Waals surface area contributed by atoms with Crippen LogP contribution in [0.15, 0.2) is 18.2 Å². The van der Waals surface area contributed by atoms with Gasteiger partial charge in [-0.2, -0.15) is 0 Å². The van der Waals surface area contributed by atoms with Gasteiger partial charge < -0.3 is 15.6 Å². The van der Waals surface area contributed by atoms with Crippen LogP contribution in [-0.4, -0.2) is 39.5 Å². The van der Waals surface area contributed by atoms with Crippen molar-refractivity contribution in [3.63, 3.8) is 0 Å². The second-order valence-electron chi connectivity index (χ2n) is 3.67. The van der Waals surface area contributed by atoms with Crippen LogP contribution in [0.2, 0.25) is 0 Å². The first-order valence-electron chi connectivity index (χ1n) is 5.60. The summed E-state index contributed by atoms with van der Waals surface area (Å²) in [6.07, 6.45) is 1.33. The predicted octanol–water partition coefficient (Wildman–Crippen LogP) is 0.678. The molecule has 22 heavy (non-hydrogen) atoms. The van der Waals surface area contributed by atoms with E-state index in [-0.39, 0.29) is 17.4 Å². The van der Waals surface area contributed by atoms with E-state index in [0.717, 1.165) is 11.1 Å². The molecule has 0 heterocycles. The second kappa shape index (κ2) is 9.13. The number of halogens is 1. The van der Waals surface area contributed by atoms with Crippen LogP contribution in [0.3, 0.4) is 0 Å². The number of methoxy groups -OCH3 is 1. The highest BCUT2D eigenvalue weighted by molar-refractivity contribution is 6.08. The molecule has 0 fully saturated rings. The van der Waals surface area contributed by atoms with Crippen molar-refractivity contribution in [2.75, 3.05) is 7.11 Å². The number of hydrazine groups is 1. The maximum absolute atomic E-state index is 10.8. The molecule has 1 aromatic rings. The number of hydrogen-bond acceptors (Lipinski definition) is 5. The van der Waals surface area contributed by atoms with E-state index in [0.29, 0.717) is 5.56 Å². The van der Waals surface area contributed by atoms with Crippen molar-refractivity contribution in [2.45, 2.75) is 6.92 Å². The second-order valence-corrected chi connectivity index (χ2v) is 4.04. The molecule has 0 spiro atoms. The monoisotopic (exact) mass is 332 g/mol. The first-order valence-corrected chi connectivity index (χ1v) is 5.93. The van der Waals surface area contributed by atoms with E-state index in [1.807, 2.05) is 0 Å². The molecule has 0 saturated heterocycles. The fraction of sp³-hybridized carbons (Fsp3) is 0.182. The Labute approximate surface area is 130 Å². The lowest BCUT2D eigenvalue weighted by Crippen LogP contribution is -2.35. The summed E-state index contributed by atoms with van der Waals surface area (Å²) in [7, 11) is 1.34. The molecule has 1 aromatic carbocycles. The van der Waals surface area contributed by atoms with Gasteiger partial charge in [0.2, 0.25) is 12.2 Å². The Morgan fingerprint density at radius 1 is 1.59 bits per heavy atom. The van der Waals surface area contributed by atoms with Crippen molar-refractivity contribution in [3.8, 4) is 5.75 Å². The summed E-state index contributed by atoms with van der Waals surface area (Å²) in [5, 5.41) is 25.2. The first-order chi connectivity index (χ1) is 10.2. The van der Waals surface area contributed by atoms with E-state index in [9.17, 15) is 10.1 Å². The lowest BCUT2D eigenvalue weighted by atomic mass is 10.2. The number of hydrogen-bond donors (Lipinski definition) is 4. The Kier molecular flexibility index (Phi) is 7.93. The van der Waals surface area contributed by atoms with Gasteiger partial charge in [-0.3, -0.25) is 20.3 Å². The number of carboxylic acids is 1. The van der Waals surface area contributed by atoms with Gasteiger partial charge in [-0.25, -0.2) is 0 Å². The van der Waals surface area contributed by atoms with Crippen LogP contribution in [0.1, 0.15) is 12.5 Å². The molecule has 1 rings (SSSR count). The molecule has 0 saturated carbocycles. The third kappa shape index (κ3) is 7.65. The number of nitro groups is 1. The summed E-state index contributed by atoms with van der Waals surface area (Å²) < 4.78 is 5.76. The number of carboxylic acid groups (broad SMARTS) is 1. The number of nitrogens with one attached hydrogen (secondary N) is 2. The molecule has 120 valence electrons. The molecule has 0 amide bonds. The van der Waals surface area contributed by atoms with Crippen LogP contribution < -0.4 is 15.9 Å². The van der Waals surface area contributed by atoms with Gasteiger partial charge in [0, 0.05) is 22.8 Å². The zero-order valence-electron chi connectivity index (χ0n) is 11.7. The highest BCUT2D eigenvalue weighted by Crippen LogP contribution is 2.26. The standard InChI is InChI=1S/C9H11ClN5O3.C2H4O2/c1-18-8-3-2-6(4-7(8)15(16)17)5-14(10)13-9(11)12;1-2(3)4/h2-5H,1H3,(H4,11,12,13);1H3,(H,3,4)/q+1;. The van der Waals surface area contributed by atoms with Crippen molar-refractivity contribution in [1.29, 1.82) is 5.41 Å². The van der Waals surface area contributed by atoms with Crippen LogP contribution in [0.5, 0.6) is 5.75 Å². The Hall–Kier alpha value is -2.88. The lowest BCUT2D eigenvalue weighted by molar-refractivity contribution is -0.416. The quantitative estimate of drug-likeness (QED) is 0.208. The molecule has 0 aliphatic carbocycles. The van der Waals surface area contributed by atoms with Crippen molar-refractivity contribution < 1.29 is 23.8 Å². The van der Waals surface area contributed by atoms with Crippen LogP contribution in [0, 0.1) is 15.5 Å². The maximum atomic E-state index is 10.8. The van der Waals surface area contributed by atoms with E-state index in [4.69, 9.17) is 37.6 Å². The predicted molar refractivity (Wildman–Crippen MR) is 79.3 cm³/mol. The molecule has 0 atom stereocenters. The van der Waals surface area contributed by atoms with Crippen LogP contribution in [0.4, 0.5) is 5.69 Å². The number of nitro benzene ring substituents is 1. The fourth-order valence-electron chi connectivity index (χ4n) is 1.21. The number of nitrogens with two attached hydrogens (primary N) is 1. The zero-order chi connectivity index (χ0) is 17.3. The minimum atomic E-state index is -0.833. The number of rotatable bonds is 4. The highest BCUT2D eigenvalue weighted by atomic mass is 35.5. The van der Waals surface area contributed by atoms with Crippen molar-refractivity contribution in [2.24, 2.45) is 5.73 Å². The molecule has 0 radical (unpaired) electrons. The van der Waals surface area contributed by atoms with Gasteiger partial charge in [-0.05, 0) is 12.1 Å². The number of aliphatic carboxylic acids is 1. The summed E-state index contributed by atoms with van der Waals surface area (Å²) in [6.45, 7) is 1.08. The van der Waals surface area contributed by atoms with Gasteiger partial charge in [-0.1, -0.05) is 0 Å². The molecular formula is C11H15ClN5O5+. The molecule has 0 aliphatic heterocycles. The molecule has 0 unspecified atom stereocenters. The van der Waals surface area contributed by atoms with Crippen LogP contribution in [0.25, 0.3) is 0 Å². The van der Waals surface area contributed by atoms with Gasteiger partial charge in [-0.15, -0.1) is 5.43 Å². The minimum Gasteiger partial charge on any atom is -0.490 e. The highest BCUT2D eigenvalue weighted by Gasteiger charge is 2.16. The smallest absolute Gasteiger partial charge is 0.311 e. The van der Waals surface area contributed by atoms with E-state index >= 15 is 0 Å². The number of benzene rings is 1. The van der Waals surface area contributed by atoms with Crippen molar-refractivity contribution in [1.82, 2.24) is 5.43 Å². The number of nitrogens with zero attached hydrogens (tertiary/aromatic N) is 2. The van der Waals surface area contributed by atoms with E-state index in [1.165, 1.54) is 25.5 Å². The number of hydrazone groups is 1. The topological polar surface area (TPSA) is 155 Å². The van der Waals surface area contributed by atoms with E-state index in [2.05, 4.69) is 5.43 Å². The van der Waals surface area contributed by atoms with Crippen LogP contribution in [-0.2, 0) is 4.79 Å². The van der Waals surface area contributed by atoms with Gasteiger partial charge in [0.15, 0.2) is 5.75 Å². The largest absolute Gasteiger partial charge is 0.490 e. The molecule has 0 aromatic heterocycles. The molecule has 11 heteroatoms. The number of guanidine groups is 1. The van der Waals surface area contributed by atoms with E-state index < -0.39 is 10.9 Å². The van der Waals surface area contributed by atoms with Crippen molar-refractivity contribution in [3.05, 3.63) is 33.9 Å². The summed E-state index contributed by atoms with van der Waals surface area (Å²) >= 11 is 5.66. The van der Waals surface area contributed by atoms with Gasteiger partial charge in [0.1, 0.15) is 0 Å². The summed E-state index contributed by atoms with van der Waals surface area (Å²) in [5.74, 6) is -1.04. The zero-order valence-corrected chi connectivity index (χ0v) is 12.5. The Morgan fingerprint density at radius 3 is 2.55 bits per heavy atom. The van der Waals surface area contributed by atoms with Crippen molar-refractivity contribution >= 4 is 35.6 Å². The fourth-order valence-corrected chi connectivity index (χ4v) is 1.41. The summed E-state index contributed by atoms with van der Waals surface area (Å²) in [5.41, 5.74) is 7.61. The molecule has 0 aliphatic rings. The molecule has 5 N–H and O–H groups in total. The Bertz CT molecular complexity index is 601. The maximum Gasteiger partial charge on any atom is 0.311 e. The Balaban J connectivity index is 0.000000980. The summed E-state index contributed by atoms with van der Waals surface area (Å²) in [6, 6.07) is 4.31.